The zero-order chi connectivity index (χ0) is 28.4. The van der Waals surface area contributed by atoms with Crippen molar-refractivity contribution in [2.24, 2.45) is 0 Å². The monoisotopic (exact) mass is 554 g/mol. The van der Waals surface area contributed by atoms with E-state index in [9.17, 15) is 29.7 Å². The zero-order valence-electron chi connectivity index (χ0n) is 23.3. The molecule has 39 heavy (non-hydrogen) atoms. The first-order chi connectivity index (χ1) is 18.7. The summed E-state index contributed by atoms with van der Waals surface area (Å²) in [6, 6.07) is -0.566. The molecule has 2 fully saturated rings. The first kappa shape index (κ1) is 31.5. The molecule has 0 saturated carbocycles. The molecular weight excluding hydrogens is 508 g/mol. The van der Waals surface area contributed by atoms with Gasteiger partial charge in [-0.15, -0.1) is 0 Å². The van der Waals surface area contributed by atoms with E-state index in [1.54, 1.807) is 6.92 Å². The van der Waals surface area contributed by atoms with Gasteiger partial charge in [0.15, 0.2) is 12.1 Å². The van der Waals surface area contributed by atoms with Crippen LogP contribution in [0, 0.1) is 0 Å². The van der Waals surface area contributed by atoms with Crippen molar-refractivity contribution in [1.82, 2.24) is 10.2 Å². The number of ether oxygens (including phenoxy) is 3. The van der Waals surface area contributed by atoms with Gasteiger partial charge in [0, 0.05) is 12.6 Å². The maximum absolute atomic E-state index is 12.9. The first-order valence-corrected chi connectivity index (χ1v) is 14.6. The minimum absolute atomic E-state index is 0.146. The van der Waals surface area contributed by atoms with Gasteiger partial charge in [-0.3, -0.25) is 19.8 Å². The normalized spacial score (nSPS) is 29.9. The van der Waals surface area contributed by atoms with Crippen LogP contribution in [-0.2, 0) is 23.8 Å². The van der Waals surface area contributed by atoms with Crippen molar-refractivity contribution < 1.29 is 43.9 Å². The van der Waals surface area contributed by atoms with Crippen LogP contribution in [-0.4, -0.2) is 87.4 Å². The second-order valence-corrected chi connectivity index (χ2v) is 10.9. The summed E-state index contributed by atoms with van der Waals surface area (Å²) in [6.45, 7) is 4.19. The third-order valence-electron chi connectivity index (χ3n) is 7.73. The number of nitrogens with one attached hydrogen (secondary N) is 1. The summed E-state index contributed by atoms with van der Waals surface area (Å²) in [5, 5.41) is 33.0. The number of fused-ring (bicyclic) bond motifs is 1. The molecule has 3 aliphatic rings. The van der Waals surface area contributed by atoms with E-state index in [-0.39, 0.29) is 18.1 Å². The fraction of sp³-hybridized carbons (Fsp3) is 0.821. The molecule has 222 valence electrons. The number of nitrogens with zero attached hydrogens (tertiary/aromatic N) is 1. The Bertz CT molecular complexity index is 851. The van der Waals surface area contributed by atoms with E-state index in [0.29, 0.717) is 19.4 Å². The zero-order valence-corrected chi connectivity index (χ0v) is 23.3. The van der Waals surface area contributed by atoms with Gasteiger partial charge < -0.3 is 29.5 Å². The highest BCUT2D eigenvalue weighted by atomic mass is 16.7. The Morgan fingerprint density at radius 2 is 1.72 bits per heavy atom. The summed E-state index contributed by atoms with van der Waals surface area (Å²) >= 11 is 0. The highest BCUT2D eigenvalue weighted by molar-refractivity contribution is 5.98. The van der Waals surface area contributed by atoms with E-state index in [1.807, 2.05) is 0 Å². The molecule has 0 aromatic heterocycles. The summed E-state index contributed by atoms with van der Waals surface area (Å²) in [7, 11) is 0. The van der Waals surface area contributed by atoms with E-state index in [0.717, 1.165) is 38.2 Å². The Kier molecular flexibility index (Phi) is 12.6. The SMILES string of the molecule is CCCCCCCCCCCC(CC(=O)NC1=CC(=O)C2CCCN2C(=O)O1)O[C@@H]1O[C@@H](C)[C@H](O)[C@@H](O)[C@H]1O. The molecule has 0 aromatic rings. The molecule has 4 N–H and O–H groups in total. The van der Waals surface area contributed by atoms with Gasteiger partial charge in [0.2, 0.25) is 11.8 Å². The van der Waals surface area contributed by atoms with Gasteiger partial charge in [0.05, 0.1) is 24.7 Å². The minimum atomic E-state index is -1.48. The first-order valence-electron chi connectivity index (χ1n) is 14.6. The summed E-state index contributed by atoms with van der Waals surface area (Å²) in [5.74, 6) is -1.03. The maximum atomic E-state index is 12.9. The number of unbranched alkanes of at least 4 members (excludes halogenated alkanes) is 8. The van der Waals surface area contributed by atoms with Crippen molar-refractivity contribution >= 4 is 17.8 Å². The van der Waals surface area contributed by atoms with Crippen LogP contribution >= 0.6 is 0 Å². The number of carbonyl (C=O) groups excluding carboxylic acids is 3. The third-order valence-corrected chi connectivity index (χ3v) is 7.73. The Balaban J connectivity index is 1.55. The lowest BCUT2D eigenvalue weighted by Crippen LogP contribution is -2.58. The summed E-state index contributed by atoms with van der Waals surface area (Å²) in [4.78, 5) is 39.2. The number of hydrogen-bond acceptors (Lipinski definition) is 9. The predicted octanol–water partition coefficient (Wildman–Crippen LogP) is 2.65. The van der Waals surface area contributed by atoms with Crippen molar-refractivity contribution in [1.29, 1.82) is 0 Å². The van der Waals surface area contributed by atoms with Crippen molar-refractivity contribution in [3.63, 3.8) is 0 Å². The van der Waals surface area contributed by atoms with E-state index in [4.69, 9.17) is 14.2 Å². The maximum Gasteiger partial charge on any atom is 0.417 e. The van der Waals surface area contributed by atoms with Gasteiger partial charge >= 0.3 is 6.09 Å². The molecule has 2 unspecified atom stereocenters. The van der Waals surface area contributed by atoms with Crippen LogP contribution in [0.4, 0.5) is 4.79 Å². The lowest BCUT2D eigenvalue weighted by Gasteiger charge is -2.40. The van der Waals surface area contributed by atoms with Gasteiger partial charge in [0.1, 0.15) is 18.3 Å². The molecule has 2 saturated heterocycles. The van der Waals surface area contributed by atoms with Crippen LogP contribution in [0.15, 0.2) is 12.0 Å². The predicted molar refractivity (Wildman–Crippen MR) is 141 cm³/mol. The number of amides is 2. The number of carbonyl (C=O) groups is 3. The smallest absolute Gasteiger partial charge is 0.393 e. The Morgan fingerprint density at radius 3 is 2.41 bits per heavy atom. The van der Waals surface area contributed by atoms with Crippen molar-refractivity contribution in [2.75, 3.05) is 6.54 Å². The molecule has 0 aliphatic carbocycles. The standard InChI is InChI=1S/C28H46N2O9/c1-3-4-5-6-7-8-9-10-11-13-19(38-27-26(35)25(34)24(33)18(2)37-27)16-22(32)29-23-17-21(31)20-14-12-15-30(20)28(36)39-23/h17-20,24-27,33-35H,3-16H2,1-2H3,(H,29,32)/t18-,19?,20?,24-,25+,26+,27-/m0/s1. The highest BCUT2D eigenvalue weighted by Gasteiger charge is 2.43. The van der Waals surface area contributed by atoms with Crippen molar-refractivity contribution in [3.05, 3.63) is 12.0 Å². The topological polar surface area (TPSA) is 155 Å². The molecule has 0 aromatic carbocycles. The average Bonchev–Trinajstić information content (AvgIpc) is 3.36. The number of aliphatic hydroxyl groups excluding tert-OH is 3. The molecule has 7 atom stereocenters. The number of cyclic esters (lactones) is 1. The fourth-order valence-corrected chi connectivity index (χ4v) is 5.36. The Hall–Kier alpha value is -2.05. The van der Waals surface area contributed by atoms with Gasteiger partial charge in [-0.1, -0.05) is 64.7 Å². The van der Waals surface area contributed by atoms with Crippen LogP contribution in [0.25, 0.3) is 0 Å². The molecular formula is C28H46N2O9. The molecule has 11 heteroatoms. The molecule has 3 aliphatic heterocycles. The fourth-order valence-electron chi connectivity index (χ4n) is 5.36. The quantitative estimate of drug-likeness (QED) is 0.224. The molecule has 3 heterocycles. The molecule has 0 bridgehead atoms. The third kappa shape index (κ3) is 9.24. The van der Waals surface area contributed by atoms with Crippen LogP contribution in [0.5, 0.6) is 0 Å². The largest absolute Gasteiger partial charge is 0.417 e. The van der Waals surface area contributed by atoms with Crippen LogP contribution in [0.3, 0.4) is 0 Å². The molecule has 2 amide bonds. The van der Waals surface area contributed by atoms with Gasteiger partial charge in [-0.2, -0.15) is 0 Å². The molecule has 0 radical (unpaired) electrons. The van der Waals surface area contributed by atoms with Crippen molar-refractivity contribution in [2.45, 2.75) is 140 Å². The van der Waals surface area contributed by atoms with Crippen LogP contribution in [0.2, 0.25) is 0 Å². The minimum Gasteiger partial charge on any atom is -0.393 e. The number of ketones is 1. The average molecular weight is 555 g/mol. The van der Waals surface area contributed by atoms with Gasteiger partial charge in [-0.05, 0) is 26.2 Å². The molecule has 3 rings (SSSR count). The lowest BCUT2D eigenvalue weighted by molar-refractivity contribution is -0.304. The summed E-state index contributed by atoms with van der Waals surface area (Å²) in [6.07, 6.45) is 5.39. The van der Waals surface area contributed by atoms with E-state index >= 15 is 0 Å². The van der Waals surface area contributed by atoms with E-state index in [2.05, 4.69) is 12.2 Å². The second kappa shape index (κ2) is 15.7. The molecule has 11 nitrogen and oxygen atoms in total. The number of aliphatic hydroxyl groups is 3. The summed E-state index contributed by atoms with van der Waals surface area (Å²) < 4.78 is 16.8. The second-order valence-electron chi connectivity index (χ2n) is 10.9. The van der Waals surface area contributed by atoms with Crippen molar-refractivity contribution in [3.8, 4) is 0 Å². The Labute approximate surface area is 230 Å². The lowest BCUT2D eigenvalue weighted by atomic mass is 9.99. The van der Waals surface area contributed by atoms with Crippen LogP contribution in [0.1, 0.15) is 97.3 Å². The summed E-state index contributed by atoms with van der Waals surface area (Å²) in [5.41, 5.74) is 0. The molecule has 0 spiro atoms. The van der Waals surface area contributed by atoms with Gasteiger partial charge in [0.25, 0.3) is 0 Å². The Morgan fingerprint density at radius 1 is 1.05 bits per heavy atom. The van der Waals surface area contributed by atoms with E-state index in [1.165, 1.54) is 37.0 Å². The number of hydrogen-bond donors (Lipinski definition) is 4. The van der Waals surface area contributed by atoms with Gasteiger partial charge in [-0.25, -0.2) is 4.79 Å². The number of rotatable bonds is 15. The van der Waals surface area contributed by atoms with Crippen LogP contribution < -0.4 is 5.32 Å². The highest BCUT2D eigenvalue weighted by Crippen LogP contribution is 2.26. The van der Waals surface area contributed by atoms with E-state index < -0.39 is 54.9 Å².